The predicted molar refractivity (Wildman–Crippen MR) is 99.9 cm³/mol. The second kappa shape index (κ2) is 5.95. The summed E-state index contributed by atoms with van der Waals surface area (Å²) in [6.45, 7) is 0.713. The number of aryl methyl sites for hydroxylation is 1. The summed E-state index contributed by atoms with van der Waals surface area (Å²) in [6, 6.07) is 18.2. The molecule has 0 unspecified atom stereocenters. The van der Waals surface area contributed by atoms with Gasteiger partial charge in [0.1, 0.15) is 5.82 Å². The number of oxazole rings is 1. The quantitative estimate of drug-likeness (QED) is 0.551. The Morgan fingerprint density at radius 3 is 2.38 bits per heavy atom. The molecule has 0 aliphatic carbocycles. The molecule has 0 bridgehead atoms. The van der Waals surface area contributed by atoms with Crippen molar-refractivity contribution in [3.8, 4) is 22.6 Å². The third-order valence-corrected chi connectivity index (χ3v) is 4.87. The molecule has 0 amide bonds. The molecule has 3 heterocycles. The van der Waals surface area contributed by atoms with Crippen molar-refractivity contribution in [1.82, 2.24) is 14.5 Å². The topological polar surface area (TPSA) is 60.9 Å². The van der Waals surface area contributed by atoms with Gasteiger partial charge in [-0.05, 0) is 36.1 Å². The molecule has 1 aliphatic heterocycles. The van der Waals surface area contributed by atoms with Gasteiger partial charge in [0.25, 0.3) is 11.3 Å². The van der Waals surface area contributed by atoms with Gasteiger partial charge in [0.05, 0.1) is 0 Å². The molecule has 26 heavy (non-hydrogen) atoms. The molecule has 0 saturated carbocycles. The molecule has 0 saturated heterocycles. The second-order valence-electron chi connectivity index (χ2n) is 6.56. The summed E-state index contributed by atoms with van der Waals surface area (Å²) in [4.78, 5) is 21.6. The van der Waals surface area contributed by atoms with Crippen molar-refractivity contribution in [3.63, 3.8) is 0 Å². The second-order valence-corrected chi connectivity index (χ2v) is 6.56. The minimum Gasteiger partial charge on any atom is -0.417 e. The lowest BCUT2D eigenvalue weighted by atomic mass is 10.0. The minimum absolute atomic E-state index is 0.0967. The molecule has 0 radical (unpaired) electrons. The lowest BCUT2D eigenvalue weighted by Crippen LogP contribution is -2.28. The fraction of sp³-hybridized carbons (Fsp3) is 0.190. The lowest BCUT2D eigenvalue weighted by Gasteiger charge is -2.15. The van der Waals surface area contributed by atoms with E-state index in [9.17, 15) is 4.79 Å². The molecule has 0 fully saturated rings. The highest BCUT2D eigenvalue weighted by Gasteiger charge is 2.19. The fourth-order valence-electron chi connectivity index (χ4n) is 3.48. The van der Waals surface area contributed by atoms with Gasteiger partial charge < -0.3 is 4.42 Å². The van der Waals surface area contributed by atoms with Crippen LogP contribution in [0.15, 0.2) is 63.8 Å². The summed E-state index contributed by atoms with van der Waals surface area (Å²) >= 11 is 0. The number of fused-ring (bicyclic) bond motifs is 2. The van der Waals surface area contributed by atoms with Gasteiger partial charge in [0.2, 0.25) is 5.89 Å². The number of rotatable bonds is 2. The van der Waals surface area contributed by atoms with E-state index >= 15 is 0 Å². The van der Waals surface area contributed by atoms with Crippen molar-refractivity contribution in [2.24, 2.45) is 0 Å². The normalized spacial score (nSPS) is 13.7. The summed E-state index contributed by atoms with van der Waals surface area (Å²) in [5, 5.41) is 0. The Morgan fingerprint density at radius 1 is 0.846 bits per heavy atom. The zero-order chi connectivity index (χ0) is 17.5. The van der Waals surface area contributed by atoms with E-state index in [4.69, 9.17) is 4.42 Å². The van der Waals surface area contributed by atoms with Gasteiger partial charge >= 0.3 is 0 Å². The average Bonchev–Trinajstić information content (AvgIpc) is 3.13. The smallest absolute Gasteiger partial charge is 0.283 e. The number of aromatic nitrogens is 3. The average molecular weight is 343 g/mol. The Morgan fingerprint density at radius 2 is 1.58 bits per heavy atom. The van der Waals surface area contributed by atoms with E-state index in [0.29, 0.717) is 23.7 Å². The van der Waals surface area contributed by atoms with Gasteiger partial charge in [-0.1, -0.05) is 42.5 Å². The van der Waals surface area contributed by atoms with Crippen molar-refractivity contribution >= 4 is 11.2 Å². The van der Waals surface area contributed by atoms with E-state index in [1.54, 1.807) is 4.57 Å². The maximum Gasteiger partial charge on any atom is 0.283 e. The molecule has 128 valence electrons. The Bertz CT molecular complexity index is 1140. The van der Waals surface area contributed by atoms with Gasteiger partial charge in [-0.3, -0.25) is 9.36 Å². The third kappa shape index (κ3) is 2.44. The lowest BCUT2D eigenvalue weighted by molar-refractivity contribution is 0.494. The molecule has 2 aromatic heterocycles. The number of hydrogen-bond acceptors (Lipinski definition) is 4. The zero-order valence-corrected chi connectivity index (χ0v) is 14.2. The maximum atomic E-state index is 12.7. The van der Waals surface area contributed by atoms with E-state index in [2.05, 4.69) is 22.1 Å². The molecule has 5 heteroatoms. The van der Waals surface area contributed by atoms with Crippen LogP contribution in [0.5, 0.6) is 0 Å². The Labute approximate surface area is 150 Å². The van der Waals surface area contributed by atoms with Crippen LogP contribution >= 0.6 is 0 Å². The van der Waals surface area contributed by atoms with Crippen LogP contribution < -0.4 is 5.56 Å². The van der Waals surface area contributed by atoms with E-state index in [1.165, 1.54) is 0 Å². The van der Waals surface area contributed by atoms with Crippen LogP contribution in [0.3, 0.4) is 0 Å². The van der Waals surface area contributed by atoms with Crippen LogP contribution in [-0.2, 0) is 13.0 Å². The summed E-state index contributed by atoms with van der Waals surface area (Å²) in [7, 11) is 0. The zero-order valence-electron chi connectivity index (χ0n) is 14.2. The molecule has 1 aliphatic rings. The molecule has 0 atom stereocenters. The van der Waals surface area contributed by atoms with E-state index in [0.717, 1.165) is 41.8 Å². The van der Waals surface area contributed by atoms with E-state index in [1.807, 2.05) is 42.5 Å². The third-order valence-electron chi connectivity index (χ3n) is 4.87. The van der Waals surface area contributed by atoms with Crippen molar-refractivity contribution in [2.75, 3.05) is 0 Å². The summed E-state index contributed by atoms with van der Waals surface area (Å²) in [5.41, 5.74) is 3.68. The van der Waals surface area contributed by atoms with Crippen molar-refractivity contribution in [2.45, 2.75) is 25.8 Å². The number of nitrogens with zero attached hydrogens (tertiary/aromatic N) is 3. The van der Waals surface area contributed by atoms with Gasteiger partial charge in [-0.25, -0.2) is 4.98 Å². The van der Waals surface area contributed by atoms with Crippen LogP contribution in [0.1, 0.15) is 18.7 Å². The van der Waals surface area contributed by atoms with E-state index < -0.39 is 0 Å². The van der Waals surface area contributed by atoms with Gasteiger partial charge in [0, 0.05) is 18.5 Å². The van der Waals surface area contributed by atoms with Gasteiger partial charge in [-0.2, -0.15) is 4.98 Å². The summed E-state index contributed by atoms with van der Waals surface area (Å²) in [6.07, 6.45) is 2.87. The maximum absolute atomic E-state index is 12.7. The highest BCUT2D eigenvalue weighted by atomic mass is 16.4. The highest BCUT2D eigenvalue weighted by molar-refractivity contribution is 5.73. The molecular formula is C21H17N3O2. The standard InChI is InChI=1S/C21H17N3O2/c25-21-18-20(22-17-8-4-5-13-24(17)21)26-19(23-18)16-11-9-15(10-12-16)14-6-2-1-3-7-14/h1-3,6-7,9-12H,4-5,8,13H2. The number of benzene rings is 2. The summed E-state index contributed by atoms with van der Waals surface area (Å²) < 4.78 is 7.54. The first kappa shape index (κ1) is 15.1. The molecule has 0 N–H and O–H groups in total. The van der Waals surface area contributed by atoms with Crippen LogP contribution in [0, 0.1) is 0 Å². The van der Waals surface area contributed by atoms with Crippen LogP contribution in [0.4, 0.5) is 0 Å². The van der Waals surface area contributed by atoms with Crippen molar-refractivity contribution in [3.05, 3.63) is 70.8 Å². The summed E-state index contributed by atoms with van der Waals surface area (Å²) in [5.74, 6) is 1.24. The monoisotopic (exact) mass is 343 g/mol. The Balaban J connectivity index is 1.57. The van der Waals surface area contributed by atoms with Crippen molar-refractivity contribution < 1.29 is 4.42 Å². The van der Waals surface area contributed by atoms with Crippen molar-refractivity contribution in [1.29, 1.82) is 0 Å². The molecule has 5 nitrogen and oxygen atoms in total. The number of hydrogen-bond donors (Lipinski definition) is 0. The Hall–Kier alpha value is -3.21. The fourth-order valence-corrected chi connectivity index (χ4v) is 3.48. The van der Waals surface area contributed by atoms with Gasteiger partial charge in [0.15, 0.2) is 5.52 Å². The molecule has 4 aromatic rings. The molecule has 5 rings (SSSR count). The van der Waals surface area contributed by atoms with Crippen LogP contribution in [-0.4, -0.2) is 14.5 Å². The first-order valence-corrected chi connectivity index (χ1v) is 8.86. The highest BCUT2D eigenvalue weighted by Crippen LogP contribution is 2.26. The van der Waals surface area contributed by atoms with Crippen LogP contribution in [0.25, 0.3) is 33.8 Å². The molecule has 0 spiro atoms. The molecular weight excluding hydrogens is 326 g/mol. The Kier molecular flexibility index (Phi) is 3.45. The van der Waals surface area contributed by atoms with Crippen LogP contribution in [0.2, 0.25) is 0 Å². The van der Waals surface area contributed by atoms with E-state index in [-0.39, 0.29) is 5.56 Å². The first-order valence-electron chi connectivity index (χ1n) is 8.86. The first-order chi connectivity index (χ1) is 12.8. The minimum atomic E-state index is -0.0967. The largest absolute Gasteiger partial charge is 0.417 e. The SMILES string of the molecule is O=c1c2nc(-c3ccc(-c4ccccc4)cc3)oc2nc2n1CCCC2. The van der Waals surface area contributed by atoms with Gasteiger partial charge in [-0.15, -0.1) is 0 Å². The molecule has 2 aromatic carbocycles. The predicted octanol–water partition coefficient (Wildman–Crippen LogP) is 4.05.